The van der Waals surface area contributed by atoms with Crippen molar-refractivity contribution in [3.05, 3.63) is 0 Å². The third-order valence-electron chi connectivity index (χ3n) is 5.91. The van der Waals surface area contributed by atoms with Gasteiger partial charge in [-0.05, 0) is 50.9 Å². The van der Waals surface area contributed by atoms with E-state index in [0.29, 0.717) is 24.7 Å². The summed E-state index contributed by atoms with van der Waals surface area (Å²) < 4.78 is 0. The van der Waals surface area contributed by atoms with Crippen LogP contribution in [0.5, 0.6) is 0 Å². The molecule has 148 valence electrons. The van der Waals surface area contributed by atoms with Crippen molar-refractivity contribution in [3.8, 4) is 0 Å². The van der Waals surface area contributed by atoms with Crippen molar-refractivity contribution in [1.29, 1.82) is 0 Å². The molecule has 1 atom stereocenters. The Kier molecular flexibility index (Phi) is 7.07. The minimum Gasteiger partial charge on any atom is -0.352 e. The summed E-state index contributed by atoms with van der Waals surface area (Å²) in [5, 5.41) is 5.79. The van der Waals surface area contributed by atoms with E-state index in [1.54, 1.807) is 0 Å². The number of nitrogens with zero attached hydrogens (tertiary/aromatic N) is 1. The van der Waals surface area contributed by atoms with E-state index >= 15 is 0 Å². The van der Waals surface area contributed by atoms with Crippen LogP contribution in [0.4, 0.5) is 4.79 Å². The molecular weight excluding hydrogens is 330 g/mol. The molecule has 1 unspecified atom stereocenters. The Labute approximate surface area is 157 Å². The number of urea groups is 1. The molecule has 0 aromatic heterocycles. The van der Waals surface area contributed by atoms with Gasteiger partial charge in [0.15, 0.2) is 0 Å². The Bertz CT molecular complexity index is 524. The molecule has 1 saturated heterocycles. The first-order chi connectivity index (χ1) is 12.3. The van der Waals surface area contributed by atoms with Crippen LogP contribution < -0.4 is 10.6 Å². The smallest absolute Gasteiger partial charge is 0.325 e. The van der Waals surface area contributed by atoms with E-state index in [2.05, 4.69) is 31.4 Å². The zero-order chi connectivity index (χ0) is 19.3. The van der Waals surface area contributed by atoms with Crippen molar-refractivity contribution >= 4 is 17.8 Å². The third kappa shape index (κ3) is 4.98. The molecular formula is C20H35N3O3. The number of hydrogen-bond donors (Lipinski definition) is 2. The van der Waals surface area contributed by atoms with Gasteiger partial charge in [0.25, 0.3) is 5.91 Å². The maximum Gasteiger partial charge on any atom is 0.325 e. The van der Waals surface area contributed by atoms with E-state index in [0.717, 1.165) is 43.4 Å². The molecule has 1 saturated carbocycles. The van der Waals surface area contributed by atoms with Crippen molar-refractivity contribution in [2.75, 3.05) is 6.54 Å². The van der Waals surface area contributed by atoms with Crippen LogP contribution in [0.3, 0.4) is 0 Å². The number of carbonyl (C=O) groups is 3. The zero-order valence-corrected chi connectivity index (χ0v) is 16.8. The highest BCUT2D eigenvalue weighted by molar-refractivity contribution is 6.09. The Hall–Kier alpha value is -1.59. The summed E-state index contributed by atoms with van der Waals surface area (Å²) >= 11 is 0. The topological polar surface area (TPSA) is 78.5 Å². The SMILES string of the molecule is CCC1CCC2(CC1)NC(=O)N(CC(=O)NC(C)CCCC(C)C)C2=O. The number of imide groups is 1. The first kappa shape index (κ1) is 20.7. The number of nitrogens with one attached hydrogen (secondary N) is 2. The van der Waals surface area contributed by atoms with Gasteiger partial charge >= 0.3 is 6.03 Å². The first-order valence-corrected chi connectivity index (χ1v) is 10.2. The van der Waals surface area contributed by atoms with Gasteiger partial charge in [0.1, 0.15) is 12.1 Å². The second-order valence-electron chi connectivity index (χ2n) is 8.55. The molecule has 0 aromatic carbocycles. The number of rotatable bonds is 8. The summed E-state index contributed by atoms with van der Waals surface area (Å²) in [7, 11) is 0. The molecule has 2 aliphatic rings. The first-order valence-electron chi connectivity index (χ1n) is 10.2. The van der Waals surface area contributed by atoms with Gasteiger partial charge in [0.2, 0.25) is 5.91 Å². The molecule has 0 bridgehead atoms. The van der Waals surface area contributed by atoms with Gasteiger partial charge in [0, 0.05) is 6.04 Å². The fraction of sp³-hybridized carbons (Fsp3) is 0.850. The molecule has 1 aliphatic heterocycles. The molecule has 26 heavy (non-hydrogen) atoms. The van der Waals surface area contributed by atoms with Gasteiger partial charge in [-0.25, -0.2) is 4.79 Å². The van der Waals surface area contributed by atoms with Crippen LogP contribution >= 0.6 is 0 Å². The minimum absolute atomic E-state index is 0.0518. The Morgan fingerprint density at radius 2 is 1.88 bits per heavy atom. The van der Waals surface area contributed by atoms with Crippen molar-refractivity contribution in [3.63, 3.8) is 0 Å². The molecule has 6 heteroatoms. The van der Waals surface area contributed by atoms with Crippen LogP contribution in [0.15, 0.2) is 0 Å². The lowest BCUT2D eigenvalue weighted by atomic mass is 9.75. The molecule has 1 spiro atoms. The highest BCUT2D eigenvalue weighted by atomic mass is 16.2. The number of amides is 4. The average Bonchev–Trinajstić information content (AvgIpc) is 2.79. The lowest BCUT2D eigenvalue weighted by Gasteiger charge is -2.34. The van der Waals surface area contributed by atoms with E-state index in [4.69, 9.17) is 0 Å². The van der Waals surface area contributed by atoms with Crippen LogP contribution in [0.2, 0.25) is 0 Å². The van der Waals surface area contributed by atoms with Gasteiger partial charge in [-0.2, -0.15) is 0 Å². The predicted molar refractivity (Wildman–Crippen MR) is 102 cm³/mol. The summed E-state index contributed by atoms with van der Waals surface area (Å²) in [6.45, 7) is 8.32. The molecule has 2 rings (SSSR count). The van der Waals surface area contributed by atoms with E-state index in [1.165, 1.54) is 0 Å². The van der Waals surface area contributed by atoms with Crippen molar-refractivity contribution in [2.45, 2.75) is 90.6 Å². The molecule has 0 radical (unpaired) electrons. The van der Waals surface area contributed by atoms with E-state index in [-0.39, 0.29) is 24.4 Å². The highest BCUT2D eigenvalue weighted by Gasteiger charge is 2.52. The number of carbonyl (C=O) groups excluding carboxylic acids is 3. The van der Waals surface area contributed by atoms with Gasteiger partial charge in [0.05, 0.1) is 0 Å². The van der Waals surface area contributed by atoms with Gasteiger partial charge in [-0.15, -0.1) is 0 Å². The van der Waals surface area contributed by atoms with Crippen LogP contribution in [-0.4, -0.2) is 40.9 Å². The lowest BCUT2D eigenvalue weighted by Crippen LogP contribution is -2.50. The quantitative estimate of drug-likeness (QED) is 0.648. The maximum atomic E-state index is 12.8. The summed E-state index contributed by atoms with van der Waals surface area (Å²) in [4.78, 5) is 38.5. The van der Waals surface area contributed by atoms with E-state index < -0.39 is 11.6 Å². The summed E-state index contributed by atoms with van der Waals surface area (Å²) in [6, 6.07) is -0.372. The van der Waals surface area contributed by atoms with Gasteiger partial charge < -0.3 is 10.6 Å². The molecule has 6 nitrogen and oxygen atoms in total. The van der Waals surface area contributed by atoms with Crippen LogP contribution in [0.25, 0.3) is 0 Å². The largest absolute Gasteiger partial charge is 0.352 e. The predicted octanol–water partition coefficient (Wildman–Crippen LogP) is 3.21. The minimum atomic E-state index is -0.772. The summed E-state index contributed by atoms with van der Waals surface area (Å²) in [6.07, 6.45) is 7.48. The van der Waals surface area contributed by atoms with E-state index in [1.807, 2.05) is 6.92 Å². The standard InChI is InChI=1S/C20H35N3O3/c1-5-16-9-11-20(12-10-16)18(25)23(19(26)22-20)13-17(24)21-15(4)8-6-7-14(2)3/h14-16H,5-13H2,1-4H3,(H,21,24)(H,22,26). The Balaban J connectivity index is 1.84. The molecule has 0 aromatic rings. The molecule has 4 amide bonds. The fourth-order valence-electron chi connectivity index (χ4n) is 4.11. The second kappa shape index (κ2) is 8.87. The summed E-state index contributed by atoms with van der Waals surface area (Å²) in [5.74, 6) is 0.807. The average molecular weight is 366 g/mol. The molecule has 2 N–H and O–H groups in total. The second-order valence-corrected chi connectivity index (χ2v) is 8.55. The monoisotopic (exact) mass is 365 g/mol. The van der Waals surface area contributed by atoms with Crippen LogP contribution in [0.1, 0.15) is 79.1 Å². The van der Waals surface area contributed by atoms with Crippen molar-refractivity contribution < 1.29 is 14.4 Å². The van der Waals surface area contributed by atoms with Crippen molar-refractivity contribution in [1.82, 2.24) is 15.5 Å². The normalized spacial score (nSPS) is 27.1. The maximum absolute atomic E-state index is 12.8. The molecule has 1 heterocycles. The van der Waals surface area contributed by atoms with Gasteiger partial charge in [-0.3, -0.25) is 14.5 Å². The Morgan fingerprint density at radius 1 is 1.23 bits per heavy atom. The zero-order valence-electron chi connectivity index (χ0n) is 16.8. The van der Waals surface area contributed by atoms with Crippen LogP contribution in [-0.2, 0) is 9.59 Å². The highest BCUT2D eigenvalue weighted by Crippen LogP contribution is 2.37. The van der Waals surface area contributed by atoms with Gasteiger partial charge in [-0.1, -0.05) is 40.0 Å². The summed E-state index contributed by atoms with van der Waals surface area (Å²) in [5.41, 5.74) is -0.772. The fourth-order valence-corrected chi connectivity index (χ4v) is 4.11. The van der Waals surface area contributed by atoms with Crippen molar-refractivity contribution in [2.24, 2.45) is 11.8 Å². The molecule has 2 fully saturated rings. The number of hydrogen-bond acceptors (Lipinski definition) is 3. The third-order valence-corrected chi connectivity index (χ3v) is 5.91. The molecule has 1 aliphatic carbocycles. The van der Waals surface area contributed by atoms with Crippen LogP contribution in [0, 0.1) is 11.8 Å². The lowest BCUT2D eigenvalue weighted by molar-refractivity contribution is -0.136. The van der Waals surface area contributed by atoms with E-state index in [9.17, 15) is 14.4 Å². The Morgan fingerprint density at radius 3 is 2.46 bits per heavy atom.